The average molecular weight is 289 g/mol. The van der Waals surface area contributed by atoms with Crippen LogP contribution in [0.15, 0.2) is 12.3 Å². The number of nitrogens with zero attached hydrogens (tertiary/aromatic N) is 3. The second-order valence-electron chi connectivity index (χ2n) is 4.55. The Morgan fingerprint density at radius 1 is 1.50 bits per heavy atom. The molecule has 0 radical (unpaired) electrons. The maximum absolute atomic E-state index is 12.6. The van der Waals surface area contributed by atoms with Gasteiger partial charge in [0.2, 0.25) is 5.95 Å². The van der Waals surface area contributed by atoms with Crippen LogP contribution in [0.2, 0.25) is 0 Å². The van der Waals surface area contributed by atoms with E-state index < -0.39 is 11.9 Å². The Bertz CT molecular complexity index is 493. The number of piperidine rings is 1. The summed E-state index contributed by atoms with van der Waals surface area (Å²) in [7, 11) is 1.29. The zero-order valence-electron chi connectivity index (χ0n) is 10.9. The molecule has 0 spiro atoms. The second-order valence-corrected chi connectivity index (χ2v) is 4.55. The van der Waals surface area contributed by atoms with Gasteiger partial charge in [-0.1, -0.05) is 0 Å². The quantitative estimate of drug-likeness (QED) is 0.778. The number of anilines is 1. The van der Waals surface area contributed by atoms with Gasteiger partial charge in [-0.25, -0.2) is 9.97 Å². The minimum Gasteiger partial charge on any atom is -0.469 e. The third-order valence-corrected chi connectivity index (χ3v) is 3.17. The van der Waals surface area contributed by atoms with Crippen LogP contribution in [0.25, 0.3) is 0 Å². The largest absolute Gasteiger partial charge is 0.469 e. The van der Waals surface area contributed by atoms with E-state index in [1.165, 1.54) is 7.11 Å². The summed E-state index contributed by atoms with van der Waals surface area (Å²) in [6, 6.07) is 0.825. The second kappa shape index (κ2) is 5.64. The number of hydrogen-bond acceptors (Lipinski definition) is 5. The van der Waals surface area contributed by atoms with Crippen LogP contribution in [-0.4, -0.2) is 36.1 Å². The maximum atomic E-state index is 12.6. The summed E-state index contributed by atoms with van der Waals surface area (Å²) >= 11 is 0. The molecule has 2 rings (SSSR count). The van der Waals surface area contributed by atoms with Gasteiger partial charge in [-0.15, -0.1) is 0 Å². The van der Waals surface area contributed by atoms with Gasteiger partial charge in [-0.05, 0) is 18.9 Å². The number of aromatic nitrogens is 2. The van der Waals surface area contributed by atoms with E-state index in [-0.39, 0.29) is 24.4 Å². The average Bonchev–Trinajstić information content (AvgIpc) is 2.46. The van der Waals surface area contributed by atoms with Crippen LogP contribution in [0.4, 0.5) is 19.1 Å². The molecule has 0 amide bonds. The zero-order valence-corrected chi connectivity index (χ0v) is 10.9. The summed E-state index contributed by atoms with van der Waals surface area (Å²) in [5.74, 6) is -0.720. The number of rotatable bonds is 2. The van der Waals surface area contributed by atoms with E-state index in [1.54, 1.807) is 4.90 Å². The van der Waals surface area contributed by atoms with Crippen molar-refractivity contribution in [3.63, 3.8) is 0 Å². The van der Waals surface area contributed by atoms with Crippen LogP contribution in [-0.2, 0) is 15.7 Å². The number of halogens is 3. The van der Waals surface area contributed by atoms with E-state index in [9.17, 15) is 18.0 Å². The van der Waals surface area contributed by atoms with Crippen molar-refractivity contribution in [1.29, 1.82) is 0 Å². The highest BCUT2D eigenvalue weighted by molar-refractivity contribution is 5.73. The number of ether oxygens (including phenoxy) is 1. The normalized spacial score (nSPS) is 19.8. The maximum Gasteiger partial charge on any atom is 0.433 e. The molecule has 110 valence electrons. The van der Waals surface area contributed by atoms with E-state index in [0.717, 1.165) is 12.3 Å². The van der Waals surface area contributed by atoms with Crippen molar-refractivity contribution in [2.24, 2.45) is 5.92 Å². The van der Waals surface area contributed by atoms with Crippen LogP contribution in [0.5, 0.6) is 0 Å². The molecular weight excluding hydrogens is 275 g/mol. The molecule has 1 fully saturated rings. The molecule has 0 unspecified atom stereocenters. The summed E-state index contributed by atoms with van der Waals surface area (Å²) in [4.78, 5) is 20.5. The van der Waals surface area contributed by atoms with E-state index in [4.69, 9.17) is 0 Å². The van der Waals surface area contributed by atoms with Gasteiger partial charge in [0.25, 0.3) is 0 Å². The molecule has 2 heterocycles. The van der Waals surface area contributed by atoms with Crippen LogP contribution in [0, 0.1) is 5.92 Å². The van der Waals surface area contributed by atoms with Gasteiger partial charge < -0.3 is 9.64 Å². The van der Waals surface area contributed by atoms with Gasteiger partial charge in [-0.3, -0.25) is 4.79 Å². The first-order valence-electron chi connectivity index (χ1n) is 6.15. The SMILES string of the molecule is COC(=O)[C@H]1CCCN(c2nccc(C(F)(F)F)n2)C1. The minimum absolute atomic E-state index is 0.00609. The molecule has 1 aromatic heterocycles. The molecule has 20 heavy (non-hydrogen) atoms. The van der Waals surface area contributed by atoms with Crippen molar-refractivity contribution >= 4 is 11.9 Å². The van der Waals surface area contributed by atoms with Gasteiger partial charge in [-0.2, -0.15) is 13.2 Å². The van der Waals surface area contributed by atoms with E-state index >= 15 is 0 Å². The number of methoxy groups -OCH3 is 1. The lowest BCUT2D eigenvalue weighted by atomic mass is 9.98. The summed E-state index contributed by atoms with van der Waals surface area (Å²) < 4.78 is 42.5. The standard InChI is InChI=1S/C12H14F3N3O2/c1-20-10(19)8-3-2-6-18(7-8)11-16-5-4-9(17-11)12(13,14)15/h4-5,8H,2-3,6-7H2,1H3/t8-/m0/s1. The van der Waals surface area contributed by atoms with Crippen molar-refractivity contribution in [3.8, 4) is 0 Å². The molecule has 5 nitrogen and oxygen atoms in total. The fourth-order valence-electron chi connectivity index (χ4n) is 2.18. The predicted octanol–water partition coefficient (Wildman–Crippen LogP) is 1.88. The van der Waals surface area contributed by atoms with Crippen molar-refractivity contribution in [2.75, 3.05) is 25.1 Å². The van der Waals surface area contributed by atoms with E-state index in [2.05, 4.69) is 14.7 Å². The lowest BCUT2D eigenvalue weighted by Gasteiger charge is -2.31. The summed E-state index contributed by atoms with van der Waals surface area (Å²) in [6.45, 7) is 0.794. The highest BCUT2D eigenvalue weighted by Gasteiger charge is 2.34. The van der Waals surface area contributed by atoms with Crippen molar-refractivity contribution in [3.05, 3.63) is 18.0 Å². The molecule has 0 aromatic carbocycles. The number of carbonyl (C=O) groups is 1. The van der Waals surface area contributed by atoms with Gasteiger partial charge in [0, 0.05) is 19.3 Å². The topological polar surface area (TPSA) is 55.3 Å². The number of alkyl halides is 3. The molecule has 8 heteroatoms. The highest BCUT2D eigenvalue weighted by Crippen LogP contribution is 2.29. The van der Waals surface area contributed by atoms with Crippen molar-refractivity contribution in [2.45, 2.75) is 19.0 Å². The van der Waals surface area contributed by atoms with Gasteiger partial charge in [0.15, 0.2) is 0 Å². The molecule has 0 saturated carbocycles. The molecule has 1 atom stereocenters. The van der Waals surface area contributed by atoms with Crippen LogP contribution in [0.3, 0.4) is 0 Å². The lowest BCUT2D eigenvalue weighted by Crippen LogP contribution is -2.40. The first-order chi connectivity index (χ1) is 9.41. The van der Waals surface area contributed by atoms with Crippen molar-refractivity contribution in [1.82, 2.24) is 9.97 Å². The van der Waals surface area contributed by atoms with Crippen LogP contribution >= 0.6 is 0 Å². The summed E-state index contributed by atoms with van der Waals surface area (Å²) in [5.41, 5.74) is -0.984. The first-order valence-corrected chi connectivity index (χ1v) is 6.15. The molecule has 0 bridgehead atoms. The third-order valence-electron chi connectivity index (χ3n) is 3.17. The lowest BCUT2D eigenvalue weighted by molar-refractivity contribution is -0.146. The Labute approximate surface area is 113 Å². The number of carbonyl (C=O) groups excluding carboxylic acids is 1. The Morgan fingerprint density at radius 3 is 2.90 bits per heavy atom. The van der Waals surface area contributed by atoms with Crippen LogP contribution in [0.1, 0.15) is 18.5 Å². The molecule has 1 aromatic rings. The van der Waals surface area contributed by atoms with Crippen molar-refractivity contribution < 1.29 is 22.7 Å². The van der Waals surface area contributed by atoms with Gasteiger partial charge in [0.1, 0.15) is 5.69 Å². The smallest absolute Gasteiger partial charge is 0.433 e. The van der Waals surface area contributed by atoms with Gasteiger partial charge in [0.05, 0.1) is 13.0 Å². The fourth-order valence-corrected chi connectivity index (χ4v) is 2.18. The molecule has 1 aliphatic rings. The number of hydrogen-bond donors (Lipinski definition) is 0. The monoisotopic (exact) mass is 289 g/mol. The Morgan fingerprint density at radius 2 is 2.25 bits per heavy atom. The zero-order chi connectivity index (χ0) is 14.8. The fraction of sp³-hybridized carbons (Fsp3) is 0.583. The molecule has 1 saturated heterocycles. The van der Waals surface area contributed by atoms with Crippen LogP contribution < -0.4 is 4.90 Å². The molecular formula is C12H14F3N3O2. The molecule has 0 aliphatic carbocycles. The summed E-state index contributed by atoms with van der Waals surface area (Å²) in [5, 5.41) is 0. The minimum atomic E-state index is -4.50. The molecule has 0 N–H and O–H groups in total. The number of esters is 1. The highest BCUT2D eigenvalue weighted by atomic mass is 19.4. The Balaban J connectivity index is 2.17. The Hall–Kier alpha value is -1.86. The third kappa shape index (κ3) is 3.17. The molecule has 1 aliphatic heterocycles. The van der Waals surface area contributed by atoms with E-state index in [1.807, 2.05) is 0 Å². The summed E-state index contributed by atoms with van der Waals surface area (Å²) in [6.07, 6.45) is -2.09. The van der Waals surface area contributed by atoms with E-state index in [0.29, 0.717) is 19.4 Å². The van der Waals surface area contributed by atoms with Gasteiger partial charge >= 0.3 is 12.1 Å². The predicted molar refractivity (Wildman–Crippen MR) is 64.0 cm³/mol. The first kappa shape index (κ1) is 14.5. The Kier molecular flexibility index (Phi) is 4.10.